The van der Waals surface area contributed by atoms with Crippen LogP contribution in [0.3, 0.4) is 0 Å². The Balaban J connectivity index is 1.86. The Morgan fingerprint density at radius 2 is 1.86 bits per heavy atom. The van der Waals surface area contributed by atoms with Gasteiger partial charge in [0.1, 0.15) is 0 Å². The minimum Gasteiger partial charge on any atom is -0.378 e. The first kappa shape index (κ1) is 15.2. The van der Waals surface area contributed by atoms with Crippen LogP contribution in [-0.2, 0) is 6.54 Å². The van der Waals surface area contributed by atoms with Crippen molar-refractivity contribution in [2.45, 2.75) is 6.54 Å². The highest BCUT2D eigenvalue weighted by atomic mass is 35.5. The van der Waals surface area contributed by atoms with Crippen molar-refractivity contribution >= 4 is 29.0 Å². The number of halogens is 1. The molecule has 0 heterocycles. The maximum absolute atomic E-state index is 11.8. The van der Waals surface area contributed by atoms with E-state index < -0.39 is 0 Å². The molecular weight excluding hydrogens is 286 g/mol. The Morgan fingerprint density at radius 3 is 2.48 bits per heavy atom. The van der Waals surface area contributed by atoms with E-state index in [0.717, 1.165) is 11.3 Å². The molecule has 0 aromatic heterocycles. The van der Waals surface area contributed by atoms with Crippen molar-refractivity contribution in [2.24, 2.45) is 0 Å². The van der Waals surface area contributed by atoms with Crippen LogP contribution in [0.4, 0.5) is 16.2 Å². The predicted octanol–water partition coefficient (Wildman–Crippen LogP) is 3.73. The maximum atomic E-state index is 11.8. The lowest BCUT2D eigenvalue weighted by atomic mass is 10.2. The van der Waals surface area contributed by atoms with Crippen molar-refractivity contribution in [2.75, 3.05) is 24.3 Å². The Labute approximate surface area is 129 Å². The van der Waals surface area contributed by atoms with Gasteiger partial charge in [-0.1, -0.05) is 29.8 Å². The lowest BCUT2D eigenvalue weighted by Gasteiger charge is -2.13. The molecule has 2 aromatic rings. The molecule has 110 valence electrons. The number of urea groups is 1. The van der Waals surface area contributed by atoms with Gasteiger partial charge in [-0.2, -0.15) is 0 Å². The van der Waals surface area contributed by atoms with Crippen LogP contribution < -0.4 is 15.5 Å². The fraction of sp³-hybridized carbons (Fsp3) is 0.188. The summed E-state index contributed by atoms with van der Waals surface area (Å²) in [6.07, 6.45) is 0. The molecule has 2 amide bonds. The van der Waals surface area contributed by atoms with Crippen molar-refractivity contribution in [3.8, 4) is 0 Å². The molecule has 0 saturated carbocycles. The number of carbonyl (C=O) groups excluding carboxylic acids is 1. The van der Waals surface area contributed by atoms with E-state index in [1.54, 1.807) is 24.3 Å². The second-order valence-electron chi connectivity index (χ2n) is 4.88. The average Bonchev–Trinajstić information content (AvgIpc) is 2.45. The zero-order valence-corrected chi connectivity index (χ0v) is 12.8. The largest absolute Gasteiger partial charge is 0.378 e. The molecule has 21 heavy (non-hydrogen) atoms. The third-order valence-corrected chi connectivity index (χ3v) is 3.22. The van der Waals surface area contributed by atoms with Crippen LogP contribution in [0, 0.1) is 0 Å². The van der Waals surface area contributed by atoms with E-state index in [1.807, 2.05) is 43.3 Å². The molecule has 0 spiro atoms. The van der Waals surface area contributed by atoms with E-state index in [2.05, 4.69) is 10.6 Å². The number of hydrogen-bond donors (Lipinski definition) is 2. The molecule has 0 fully saturated rings. The third-order valence-electron chi connectivity index (χ3n) is 2.99. The van der Waals surface area contributed by atoms with Gasteiger partial charge in [0, 0.05) is 37.0 Å². The minimum absolute atomic E-state index is 0.256. The zero-order chi connectivity index (χ0) is 15.2. The van der Waals surface area contributed by atoms with Crippen molar-refractivity contribution in [3.05, 3.63) is 59.1 Å². The lowest BCUT2D eigenvalue weighted by molar-refractivity contribution is 0.251. The van der Waals surface area contributed by atoms with Gasteiger partial charge in [-0.3, -0.25) is 0 Å². The Kier molecular flexibility index (Phi) is 5.06. The van der Waals surface area contributed by atoms with E-state index in [0.29, 0.717) is 17.3 Å². The van der Waals surface area contributed by atoms with E-state index in [9.17, 15) is 4.79 Å². The predicted molar refractivity (Wildman–Crippen MR) is 88.1 cm³/mol. The molecule has 0 aliphatic rings. The quantitative estimate of drug-likeness (QED) is 0.904. The smallest absolute Gasteiger partial charge is 0.319 e. The van der Waals surface area contributed by atoms with Crippen LogP contribution >= 0.6 is 11.6 Å². The molecule has 0 unspecified atom stereocenters. The summed E-state index contributed by atoms with van der Waals surface area (Å²) in [5.41, 5.74) is 2.84. The summed E-state index contributed by atoms with van der Waals surface area (Å²) in [4.78, 5) is 13.8. The number of benzene rings is 2. The number of amides is 2. The fourth-order valence-corrected chi connectivity index (χ4v) is 2.03. The molecule has 0 bridgehead atoms. The van der Waals surface area contributed by atoms with Gasteiger partial charge in [0.25, 0.3) is 0 Å². The standard InChI is InChI=1S/C16H18ClN3O/c1-20(2)15-8-6-12(7-9-15)11-18-16(21)19-14-5-3-4-13(17)10-14/h3-10H,11H2,1-2H3,(H2,18,19,21). The number of anilines is 2. The van der Waals surface area contributed by atoms with E-state index in [-0.39, 0.29) is 6.03 Å². The molecule has 4 nitrogen and oxygen atoms in total. The number of rotatable bonds is 4. The van der Waals surface area contributed by atoms with Gasteiger partial charge in [0.15, 0.2) is 0 Å². The molecule has 0 radical (unpaired) electrons. The molecular formula is C16H18ClN3O. The van der Waals surface area contributed by atoms with Crippen LogP contribution in [0.2, 0.25) is 5.02 Å². The lowest BCUT2D eigenvalue weighted by Crippen LogP contribution is -2.28. The highest BCUT2D eigenvalue weighted by molar-refractivity contribution is 6.30. The van der Waals surface area contributed by atoms with Crippen molar-refractivity contribution < 1.29 is 4.79 Å². The highest BCUT2D eigenvalue weighted by Crippen LogP contribution is 2.15. The average molecular weight is 304 g/mol. The molecule has 0 aliphatic heterocycles. The Morgan fingerprint density at radius 1 is 1.14 bits per heavy atom. The van der Waals surface area contributed by atoms with Gasteiger partial charge >= 0.3 is 6.03 Å². The normalized spacial score (nSPS) is 10.0. The summed E-state index contributed by atoms with van der Waals surface area (Å²) in [5.74, 6) is 0. The van der Waals surface area contributed by atoms with Crippen LogP contribution in [0.15, 0.2) is 48.5 Å². The van der Waals surface area contributed by atoms with Crippen LogP contribution in [-0.4, -0.2) is 20.1 Å². The van der Waals surface area contributed by atoms with Crippen molar-refractivity contribution in [1.82, 2.24) is 5.32 Å². The molecule has 5 heteroatoms. The van der Waals surface area contributed by atoms with E-state index >= 15 is 0 Å². The summed E-state index contributed by atoms with van der Waals surface area (Å²) in [6.45, 7) is 0.472. The monoisotopic (exact) mass is 303 g/mol. The number of nitrogens with zero attached hydrogens (tertiary/aromatic N) is 1. The van der Waals surface area contributed by atoms with Crippen LogP contribution in [0.1, 0.15) is 5.56 Å². The Hall–Kier alpha value is -2.20. The van der Waals surface area contributed by atoms with E-state index in [4.69, 9.17) is 11.6 Å². The molecule has 0 aliphatic carbocycles. The van der Waals surface area contributed by atoms with Gasteiger partial charge in [0.2, 0.25) is 0 Å². The Bertz CT molecular complexity index is 611. The fourth-order valence-electron chi connectivity index (χ4n) is 1.84. The summed E-state index contributed by atoms with van der Waals surface area (Å²) < 4.78 is 0. The second kappa shape index (κ2) is 6.99. The number of carbonyl (C=O) groups is 1. The molecule has 0 saturated heterocycles. The van der Waals surface area contributed by atoms with Gasteiger partial charge in [-0.15, -0.1) is 0 Å². The number of nitrogens with one attached hydrogen (secondary N) is 2. The van der Waals surface area contributed by atoms with Gasteiger partial charge in [-0.25, -0.2) is 4.79 Å². The maximum Gasteiger partial charge on any atom is 0.319 e. The molecule has 2 N–H and O–H groups in total. The summed E-state index contributed by atoms with van der Waals surface area (Å²) in [6, 6.07) is 14.8. The number of hydrogen-bond acceptors (Lipinski definition) is 2. The molecule has 2 rings (SSSR count). The first-order chi connectivity index (χ1) is 10.0. The third kappa shape index (κ3) is 4.68. The summed E-state index contributed by atoms with van der Waals surface area (Å²) in [5, 5.41) is 6.14. The van der Waals surface area contributed by atoms with Crippen molar-refractivity contribution in [3.63, 3.8) is 0 Å². The molecule has 2 aromatic carbocycles. The first-order valence-electron chi connectivity index (χ1n) is 6.61. The van der Waals surface area contributed by atoms with Gasteiger partial charge < -0.3 is 15.5 Å². The zero-order valence-electron chi connectivity index (χ0n) is 12.1. The topological polar surface area (TPSA) is 44.4 Å². The minimum atomic E-state index is -0.256. The summed E-state index contributed by atoms with van der Waals surface area (Å²) in [7, 11) is 3.98. The van der Waals surface area contributed by atoms with Gasteiger partial charge in [-0.05, 0) is 35.9 Å². The van der Waals surface area contributed by atoms with Gasteiger partial charge in [0.05, 0.1) is 0 Å². The first-order valence-corrected chi connectivity index (χ1v) is 6.99. The molecule has 0 atom stereocenters. The van der Waals surface area contributed by atoms with Crippen LogP contribution in [0.25, 0.3) is 0 Å². The summed E-state index contributed by atoms with van der Waals surface area (Å²) >= 11 is 5.87. The highest BCUT2D eigenvalue weighted by Gasteiger charge is 2.02. The second-order valence-corrected chi connectivity index (χ2v) is 5.32. The van der Waals surface area contributed by atoms with Crippen LogP contribution in [0.5, 0.6) is 0 Å². The van der Waals surface area contributed by atoms with Crippen molar-refractivity contribution in [1.29, 1.82) is 0 Å². The van der Waals surface area contributed by atoms with E-state index in [1.165, 1.54) is 0 Å². The SMILES string of the molecule is CN(C)c1ccc(CNC(=O)Nc2cccc(Cl)c2)cc1.